The zero-order valence-electron chi connectivity index (χ0n) is 11.3. The van der Waals surface area contributed by atoms with E-state index in [1.54, 1.807) is 18.3 Å². The molecule has 1 unspecified atom stereocenters. The Morgan fingerprint density at radius 1 is 1.50 bits per heavy atom. The highest BCUT2D eigenvalue weighted by molar-refractivity contribution is 6.30. The third-order valence-corrected chi connectivity index (χ3v) is 3.50. The summed E-state index contributed by atoms with van der Waals surface area (Å²) in [6.45, 7) is 2.98. The van der Waals surface area contributed by atoms with Crippen molar-refractivity contribution in [3.05, 3.63) is 52.8 Å². The second-order valence-electron chi connectivity index (χ2n) is 4.60. The van der Waals surface area contributed by atoms with Crippen LogP contribution in [0.4, 0.5) is 4.39 Å². The molecule has 6 heteroatoms. The molecule has 3 N–H and O–H groups in total. The Bertz CT molecular complexity index is 570. The largest absolute Gasteiger partial charge is 0.335 e. The molecule has 2 aromatic rings. The van der Waals surface area contributed by atoms with Gasteiger partial charge in [-0.3, -0.25) is 11.3 Å². The fraction of sp³-hybridized carbons (Fsp3) is 0.357. The van der Waals surface area contributed by atoms with E-state index in [2.05, 4.69) is 17.3 Å². The van der Waals surface area contributed by atoms with Crippen LogP contribution in [0, 0.1) is 5.82 Å². The molecular weight excluding hydrogens is 279 g/mol. The van der Waals surface area contributed by atoms with Crippen molar-refractivity contribution in [1.29, 1.82) is 0 Å². The number of nitrogens with two attached hydrogens (primary N) is 1. The maximum atomic E-state index is 14.1. The maximum Gasteiger partial charge on any atom is 0.146 e. The van der Waals surface area contributed by atoms with Crippen LogP contribution in [0.1, 0.15) is 30.8 Å². The Balaban J connectivity index is 2.24. The van der Waals surface area contributed by atoms with E-state index >= 15 is 0 Å². The van der Waals surface area contributed by atoms with Crippen LogP contribution in [0.2, 0.25) is 5.02 Å². The summed E-state index contributed by atoms with van der Waals surface area (Å²) in [7, 11) is 0. The van der Waals surface area contributed by atoms with Gasteiger partial charge in [-0.15, -0.1) is 0 Å². The van der Waals surface area contributed by atoms with Gasteiger partial charge in [-0.2, -0.15) is 0 Å². The van der Waals surface area contributed by atoms with Crippen LogP contribution in [0.25, 0.3) is 0 Å². The lowest BCUT2D eigenvalue weighted by Gasteiger charge is -2.18. The zero-order valence-corrected chi connectivity index (χ0v) is 12.1. The number of halogens is 2. The number of hydrogen-bond acceptors (Lipinski definition) is 3. The number of aromatic nitrogens is 2. The first-order valence-electron chi connectivity index (χ1n) is 6.57. The normalized spacial score (nSPS) is 12.6. The van der Waals surface area contributed by atoms with Crippen molar-refractivity contribution in [3.63, 3.8) is 0 Å². The first-order chi connectivity index (χ1) is 9.67. The van der Waals surface area contributed by atoms with Gasteiger partial charge in [0.1, 0.15) is 11.6 Å². The first-order valence-corrected chi connectivity index (χ1v) is 6.95. The molecule has 0 bridgehead atoms. The van der Waals surface area contributed by atoms with E-state index in [1.807, 2.05) is 10.8 Å². The molecule has 0 aliphatic carbocycles. The van der Waals surface area contributed by atoms with Gasteiger partial charge in [0.05, 0.1) is 11.1 Å². The Labute approximate surface area is 122 Å². The highest BCUT2D eigenvalue weighted by Crippen LogP contribution is 2.25. The molecule has 1 atom stereocenters. The first kappa shape index (κ1) is 15.0. The summed E-state index contributed by atoms with van der Waals surface area (Å²) in [6.07, 6.45) is 5.17. The van der Waals surface area contributed by atoms with Gasteiger partial charge in [0.15, 0.2) is 0 Å². The lowest BCUT2D eigenvalue weighted by molar-refractivity contribution is 0.489. The molecule has 0 aliphatic rings. The van der Waals surface area contributed by atoms with Gasteiger partial charge in [0.2, 0.25) is 0 Å². The van der Waals surface area contributed by atoms with Crippen molar-refractivity contribution >= 4 is 11.6 Å². The van der Waals surface area contributed by atoms with E-state index < -0.39 is 5.82 Å². The van der Waals surface area contributed by atoms with Gasteiger partial charge in [-0.25, -0.2) is 9.37 Å². The summed E-state index contributed by atoms with van der Waals surface area (Å²) < 4.78 is 16.1. The molecule has 0 radical (unpaired) electrons. The Kier molecular flexibility index (Phi) is 5.11. The molecule has 0 saturated carbocycles. The van der Waals surface area contributed by atoms with Crippen molar-refractivity contribution in [1.82, 2.24) is 15.0 Å². The molecule has 1 aromatic heterocycles. The fourth-order valence-corrected chi connectivity index (χ4v) is 2.39. The Morgan fingerprint density at radius 2 is 2.30 bits per heavy atom. The third kappa shape index (κ3) is 3.17. The minimum absolute atomic E-state index is 0.0969. The number of aryl methyl sites for hydroxylation is 1. The highest BCUT2D eigenvalue weighted by atomic mass is 35.5. The predicted octanol–water partition coefficient (Wildman–Crippen LogP) is 2.83. The number of nitrogens with one attached hydrogen (secondary N) is 1. The zero-order chi connectivity index (χ0) is 14.5. The van der Waals surface area contributed by atoms with Crippen molar-refractivity contribution in [2.24, 2.45) is 5.84 Å². The number of hydrazine groups is 1. The van der Waals surface area contributed by atoms with Crippen LogP contribution in [-0.2, 0) is 13.0 Å². The van der Waals surface area contributed by atoms with E-state index in [-0.39, 0.29) is 11.1 Å². The number of imidazole rings is 1. The van der Waals surface area contributed by atoms with Gasteiger partial charge in [0.25, 0.3) is 0 Å². The van der Waals surface area contributed by atoms with Crippen LogP contribution in [0.15, 0.2) is 30.6 Å². The SMILES string of the molecule is CCCn1ccnc1CC(NN)c1cccc(Cl)c1F. The summed E-state index contributed by atoms with van der Waals surface area (Å²) in [4.78, 5) is 4.31. The lowest BCUT2D eigenvalue weighted by atomic mass is 10.0. The average Bonchev–Trinajstić information content (AvgIpc) is 2.87. The smallest absolute Gasteiger partial charge is 0.146 e. The van der Waals surface area contributed by atoms with Crippen LogP contribution in [0.3, 0.4) is 0 Å². The minimum Gasteiger partial charge on any atom is -0.335 e. The van der Waals surface area contributed by atoms with Crippen LogP contribution in [0.5, 0.6) is 0 Å². The highest BCUT2D eigenvalue weighted by Gasteiger charge is 2.18. The fourth-order valence-electron chi connectivity index (χ4n) is 2.21. The summed E-state index contributed by atoms with van der Waals surface area (Å²) in [5, 5.41) is 0.0969. The number of hydrogen-bond donors (Lipinski definition) is 2. The van der Waals surface area contributed by atoms with Crippen molar-refractivity contribution in [2.45, 2.75) is 32.4 Å². The molecule has 20 heavy (non-hydrogen) atoms. The predicted molar refractivity (Wildman–Crippen MR) is 77.7 cm³/mol. The van der Waals surface area contributed by atoms with Gasteiger partial charge in [0, 0.05) is 30.9 Å². The van der Waals surface area contributed by atoms with Gasteiger partial charge < -0.3 is 4.57 Å². The van der Waals surface area contributed by atoms with Crippen LogP contribution < -0.4 is 11.3 Å². The van der Waals surface area contributed by atoms with Gasteiger partial charge in [-0.1, -0.05) is 30.7 Å². The monoisotopic (exact) mass is 296 g/mol. The van der Waals surface area contributed by atoms with Crippen molar-refractivity contribution in [2.75, 3.05) is 0 Å². The second-order valence-corrected chi connectivity index (χ2v) is 5.01. The molecule has 4 nitrogen and oxygen atoms in total. The molecular formula is C14H18ClFN4. The molecule has 0 aliphatic heterocycles. The van der Waals surface area contributed by atoms with E-state index in [0.29, 0.717) is 12.0 Å². The summed E-state index contributed by atoms with van der Waals surface area (Å²) >= 11 is 5.81. The minimum atomic E-state index is -0.439. The second kappa shape index (κ2) is 6.83. The van der Waals surface area contributed by atoms with E-state index in [4.69, 9.17) is 17.4 Å². The summed E-state index contributed by atoms with van der Waals surface area (Å²) in [6, 6.07) is 4.54. The quantitative estimate of drug-likeness (QED) is 0.636. The third-order valence-electron chi connectivity index (χ3n) is 3.21. The van der Waals surface area contributed by atoms with Crippen LogP contribution in [-0.4, -0.2) is 9.55 Å². The van der Waals surface area contributed by atoms with E-state index in [9.17, 15) is 4.39 Å². The molecule has 2 rings (SSSR count). The van der Waals surface area contributed by atoms with Gasteiger partial charge in [-0.05, 0) is 12.5 Å². The molecule has 1 aromatic carbocycles. The Hall–Kier alpha value is -1.43. The van der Waals surface area contributed by atoms with Crippen LogP contribution >= 0.6 is 11.6 Å². The van der Waals surface area contributed by atoms with Crippen molar-refractivity contribution < 1.29 is 4.39 Å². The van der Waals surface area contributed by atoms with Crippen molar-refractivity contribution in [3.8, 4) is 0 Å². The maximum absolute atomic E-state index is 14.1. The molecule has 0 fully saturated rings. The topological polar surface area (TPSA) is 55.9 Å². The number of nitrogens with zero attached hydrogens (tertiary/aromatic N) is 2. The molecule has 0 amide bonds. The van der Waals surface area contributed by atoms with E-state index in [1.165, 1.54) is 6.07 Å². The average molecular weight is 297 g/mol. The standard InChI is InChI=1S/C14H18ClFN4/c1-2-7-20-8-6-18-13(20)9-12(19-17)10-4-3-5-11(15)14(10)16/h3-6,8,12,19H,2,7,9,17H2,1H3. The molecule has 0 saturated heterocycles. The number of rotatable bonds is 6. The molecule has 0 spiro atoms. The lowest BCUT2D eigenvalue weighted by Crippen LogP contribution is -2.31. The van der Waals surface area contributed by atoms with E-state index in [0.717, 1.165) is 18.8 Å². The summed E-state index contributed by atoms with van der Waals surface area (Å²) in [5.74, 6) is 6.00. The molecule has 1 heterocycles. The number of benzene rings is 1. The Morgan fingerprint density at radius 3 is 3.00 bits per heavy atom. The molecule has 108 valence electrons. The summed E-state index contributed by atoms with van der Waals surface area (Å²) in [5.41, 5.74) is 3.09. The van der Waals surface area contributed by atoms with Gasteiger partial charge >= 0.3 is 0 Å².